The minimum absolute atomic E-state index is 0.0608. The molecule has 9 nitrogen and oxygen atoms in total. The van der Waals surface area contributed by atoms with E-state index < -0.39 is 41.8 Å². The van der Waals surface area contributed by atoms with E-state index in [4.69, 9.17) is 5.73 Å². The number of carbonyl (C=O) groups is 4. The quantitative estimate of drug-likeness (QED) is 0.247. The number of thiol groups is 1. The van der Waals surface area contributed by atoms with E-state index in [1.807, 2.05) is 19.9 Å². The van der Waals surface area contributed by atoms with Crippen LogP contribution in [-0.4, -0.2) is 59.2 Å². The van der Waals surface area contributed by atoms with Gasteiger partial charge in [-0.15, -0.1) is 0 Å². The number of amides is 3. The fourth-order valence-electron chi connectivity index (χ4n) is 2.65. The van der Waals surface area contributed by atoms with Crippen molar-refractivity contribution in [1.82, 2.24) is 16.0 Å². The summed E-state index contributed by atoms with van der Waals surface area (Å²) in [5, 5.41) is 16.9. The second-order valence-electron chi connectivity index (χ2n) is 7.35. The van der Waals surface area contributed by atoms with Gasteiger partial charge in [0, 0.05) is 12.2 Å². The van der Waals surface area contributed by atoms with Crippen molar-refractivity contribution < 1.29 is 24.3 Å². The number of carbonyl (C=O) groups excluding carboxylic acids is 3. The number of nitrogens with one attached hydrogen (secondary N) is 3. The smallest absolute Gasteiger partial charge is 0.326 e. The van der Waals surface area contributed by atoms with E-state index in [0.717, 1.165) is 5.56 Å². The van der Waals surface area contributed by atoms with Gasteiger partial charge in [-0.1, -0.05) is 44.2 Å². The summed E-state index contributed by atoms with van der Waals surface area (Å²) in [6.45, 7) is 3.39. The van der Waals surface area contributed by atoms with Crippen LogP contribution in [0.15, 0.2) is 30.3 Å². The van der Waals surface area contributed by atoms with Gasteiger partial charge in [0.1, 0.15) is 12.1 Å². The first-order chi connectivity index (χ1) is 14.1. The Bertz CT molecular complexity index is 729. The fourth-order valence-corrected chi connectivity index (χ4v) is 2.82. The van der Waals surface area contributed by atoms with Gasteiger partial charge < -0.3 is 26.8 Å². The standard InChI is InChI=1S/C20H30N4O5S/c1-12(2)8-15(23-17(25)10-22-18(26)14(21)11-30)19(27)24-16(20(28)29)9-13-6-4-3-5-7-13/h3-7,12,14-16,30H,8-11,21H2,1-2H3,(H,22,26)(H,23,25)(H,24,27)(H,28,29). The molecule has 1 rings (SSSR count). The van der Waals surface area contributed by atoms with Gasteiger partial charge in [0.25, 0.3) is 0 Å². The molecule has 0 spiro atoms. The Morgan fingerprint density at radius 3 is 2.20 bits per heavy atom. The second-order valence-corrected chi connectivity index (χ2v) is 7.71. The average Bonchev–Trinajstić information content (AvgIpc) is 2.70. The molecule has 0 aliphatic heterocycles. The number of benzene rings is 1. The molecule has 0 aliphatic carbocycles. The number of carboxylic acid groups (broad SMARTS) is 1. The SMILES string of the molecule is CC(C)CC(NC(=O)CNC(=O)C(N)CS)C(=O)NC(Cc1ccccc1)C(=O)O. The molecule has 0 saturated carbocycles. The maximum Gasteiger partial charge on any atom is 0.326 e. The summed E-state index contributed by atoms with van der Waals surface area (Å²) < 4.78 is 0. The third-order valence-corrected chi connectivity index (χ3v) is 4.61. The van der Waals surface area contributed by atoms with Crippen LogP contribution < -0.4 is 21.7 Å². The van der Waals surface area contributed by atoms with E-state index >= 15 is 0 Å². The summed E-state index contributed by atoms with van der Waals surface area (Å²) >= 11 is 3.92. The molecule has 30 heavy (non-hydrogen) atoms. The van der Waals surface area contributed by atoms with E-state index in [9.17, 15) is 24.3 Å². The van der Waals surface area contributed by atoms with Gasteiger partial charge >= 0.3 is 5.97 Å². The average molecular weight is 439 g/mol. The van der Waals surface area contributed by atoms with Gasteiger partial charge in [0.2, 0.25) is 17.7 Å². The zero-order chi connectivity index (χ0) is 22.7. The molecule has 3 unspecified atom stereocenters. The summed E-state index contributed by atoms with van der Waals surface area (Å²) in [7, 11) is 0. The van der Waals surface area contributed by atoms with E-state index in [1.165, 1.54) is 0 Å². The second kappa shape index (κ2) is 12.9. The summed E-state index contributed by atoms with van der Waals surface area (Å²) in [6, 6.07) is 6.00. The van der Waals surface area contributed by atoms with Crippen molar-refractivity contribution in [2.75, 3.05) is 12.3 Å². The zero-order valence-corrected chi connectivity index (χ0v) is 18.0. The normalized spacial score (nSPS) is 13.8. The lowest BCUT2D eigenvalue weighted by Gasteiger charge is -2.23. The number of carboxylic acids is 1. The predicted molar refractivity (Wildman–Crippen MR) is 116 cm³/mol. The molecule has 3 atom stereocenters. The molecular weight excluding hydrogens is 408 g/mol. The van der Waals surface area contributed by atoms with E-state index in [2.05, 4.69) is 28.6 Å². The molecule has 10 heteroatoms. The number of hydrogen-bond acceptors (Lipinski definition) is 6. The van der Waals surface area contributed by atoms with Crippen molar-refractivity contribution in [1.29, 1.82) is 0 Å². The number of nitrogens with two attached hydrogens (primary N) is 1. The van der Waals surface area contributed by atoms with E-state index in [1.54, 1.807) is 24.3 Å². The van der Waals surface area contributed by atoms with Gasteiger partial charge in [-0.3, -0.25) is 14.4 Å². The van der Waals surface area contributed by atoms with Crippen molar-refractivity contribution in [2.45, 2.75) is 44.8 Å². The first-order valence-corrected chi connectivity index (χ1v) is 10.3. The highest BCUT2D eigenvalue weighted by atomic mass is 32.1. The molecule has 3 amide bonds. The largest absolute Gasteiger partial charge is 0.480 e. The predicted octanol–water partition coefficient (Wildman–Crippen LogP) is -0.297. The molecule has 1 aromatic carbocycles. The minimum atomic E-state index is -1.17. The molecular formula is C20H30N4O5S. The third-order valence-electron chi connectivity index (χ3n) is 4.21. The molecule has 6 N–H and O–H groups in total. The molecule has 0 radical (unpaired) electrons. The van der Waals surface area contributed by atoms with Crippen LogP contribution in [0, 0.1) is 5.92 Å². The van der Waals surface area contributed by atoms with Gasteiger partial charge in [0.15, 0.2) is 0 Å². The Balaban J connectivity index is 2.75. The molecule has 166 valence electrons. The van der Waals surface area contributed by atoms with Crippen molar-refractivity contribution in [3.05, 3.63) is 35.9 Å². The van der Waals surface area contributed by atoms with Crippen LogP contribution in [-0.2, 0) is 25.6 Å². The van der Waals surface area contributed by atoms with Gasteiger partial charge in [-0.25, -0.2) is 4.79 Å². The van der Waals surface area contributed by atoms with Crippen LogP contribution in [0.3, 0.4) is 0 Å². The molecule has 0 aromatic heterocycles. The maximum atomic E-state index is 12.7. The van der Waals surface area contributed by atoms with Crippen molar-refractivity contribution in [2.24, 2.45) is 11.7 Å². The highest BCUT2D eigenvalue weighted by molar-refractivity contribution is 7.80. The molecule has 1 aromatic rings. The Kier molecular flexibility index (Phi) is 10.9. The highest BCUT2D eigenvalue weighted by Gasteiger charge is 2.27. The molecule has 0 heterocycles. The summed E-state index contributed by atoms with van der Waals surface area (Å²) in [5.41, 5.74) is 6.29. The van der Waals surface area contributed by atoms with E-state index in [-0.39, 0.29) is 24.6 Å². The topological polar surface area (TPSA) is 151 Å². The minimum Gasteiger partial charge on any atom is -0.480 e. The van der Waals surface area contributed by atoms with Crippen molar-refractivity contribution >= 4 is 36.3 Å². The van der Waals surface area contributed by atoms with Crippen LogP contribution >= 0.6 is 12.6 Å². The molecule has 0 fully saturated rings. The monoisotopic (exact) mass is 438 g/mol. The van der Waals surface area contributed by atoms with E-state index in [0.29, 0.717) is 6.42 Å². The summed E-state index contributed by atoms with van der Waals surface area (Å²) in [4.78, 5) is 48.2. The fraction of sp³-hybridized carbons (Fsp3) is 0.500. The lowest BCUT2D eigenvalue weighted by Crippen LogP contribution is -2.54. The van der Waals surface area contributed by atoms with Crippen LogP contribution in [0.5, 0.6) is 0 Å². The lowest BCUT2D eigenvalue weighted by molar-refractivity contribution is -0.142. The summed E-state index contributed by atoms with van der Waals surface area (Å²) in [6.07, 6.45) is 0.418. The molecule has 0 bridgehead atoms. The molecule has 0 aliphatic rings. The Labute approximate surface area is 181 Å². The van der Waals surface area contributed by atoms with Crippen LogP contribution in [0.1, 0.15) is 25.8 Å². The lowest BCUT2D eigenvalue weighted by atomic mass is 10.0. The van der Waals surface area contributed by atoms with Crippen LogP contribution in [0.4, 0.5) is 0 Å². The van der Waals surface area contributed by atoms with Crippen LogP contribution in [0.2, 0.25) is 0 Å². The number of aliphatic carboxylic acids is 1. The van der Waals surface area contributed by atoms with Crippen LogP contribution in [0.25, 0.3) is 0 Å². The number of rotatable bonds is 12. The first kappa shape index (κ1) is 25.4. The third kappa shape index (κ3) is 9.27. The molecule has 0 saturated heterocycles. The Morgan fingerprint density at radius 2 is 1.67 bits per heavy atom. The Morgan fingerprint density at radius 1 is 1.03 bits per heavy atom. The Hall–Kier alpha value is -2.59. The first-order valence-electron chi connectivity index (χ1n) is 9.64. The van der Waals surface area contributed by atoms with Gasteiger partial charge in [0.05, 0.1) is 12.6 Å². The highest BCUT2D eigenvalue weighted by Crippen LogP contribution is 2.08. The van der Waals surface area contributed by atoms with Gasteiger partial charge in [-0.05, 0) is 17.9 Å². The zero-order valence-electron chi connectivity index (χ0n) is 17.1. The van der Waals surface area contributed by atoms with Gasteiger partial charge in [-0.2, -0.15) is 12.6 Å². The van der Waals surface area contributed by atoms with Crippen molar-refractivity contribution in [3.63, 3.8) is 0 Å². The summed E-state index contributed by atoms with van der Waals surface area (Å²) in [5.74, 6) is -2.69. The maximum absolute atomic E-state index is 12.7. The number of hydrogen-bond donors (Lipinski definition) is 6. The van der Waals surface area contributed by atoms with Crippen molar-refractivity contribution in [3.8, 4) is 0 Å².